The molecule has 0 aliphatic heterocycles. The van der Waals surface area contributed by atoms with Crippen LogP contribution in [0.3, 0.4) is 0 Å². The van der Waals surface area contributed by atoms with Crippen LogP contribution in [0.4, 0.5) is 4.39 Å². The summed E-state index contributed by atoms with van der Waals surface area (Å²) in [5.41, 5.74) is 0.304. The topological polar surface area (TPSA) is 94.3 Å². The van der Waals surface area contributed by atoms with E-state index >= 15 is 0 Å². The average molecular weight is 456 g/mol. The van der Waals surface area contributed by atoms with Gasteiger partial charge in [-0.3, -0.25) is 14.6 Å². The second-order valence-corrected chi connectivity index (χ2v) is 9.02. The number of nitrogens with one attached hydrogen (secondary N) is 1. The molecule has 2 aromatic heterocycles. The number of aromatic nitrogens is 2. The van der Waals surface area contributed by atoms with Gasteiger partial charge in [-0.2, -0.15) is 0 Å². The van der Waals surface area contributed by atoms with Crippen molar-refractivity contribution in [1.82, 2.24) is 15.3 Å². The number of hydrogen-bond acceptors (Lipinski definition) is 6. The summed E-state index contributed by atoms with van der Waals surface area (Å²) in [7, 11) is 0. The minimum Gasteiger partial charge on any atom is -0.486 e. The Morgan fingerprint density at radius 1 is 1.22 bits per heavy atom. The Bertz CT molecular complexity index is 1180. The van der Waals surface area contributed by atoms with Gasteiger partial charge in [0.15, 0.2) is 5.78 Å². The molecule has 3 fully saturated rings. The number of hydrogen-bond donors (Lipinski definition) is 1. The van der Waals surface area contributed by atoms with E-state index in [1.165, 1.54) is 18.3 Å². The molecule has 3 saturated carbocycles. The molecule has 0 radical (unpaired) electrons. The zero-order valence-corrected chi connectivity index (χ0v) is 17.7. The van der Waals surface area contributed by atoms with Crippen molar-refractivity contribution in [2.75, 3.05) is 6.61 Å². The maximum absolute atomic E-state index is 13.5. The Labute approximate surface area is 188 Å². The molecule has 0 unspecified atom stereocenters. The molecule has 3 aliphatic rings. The fourth-order valence-electron chi connectivity index (χ4n) is 4.82. The molecular formula is C23H19ClFN3O4. The number of rotatable bonds is 8. The maximum atomic E-state index is 13.5. The highest BCUT2D eigenvalue weighted by atomic mass is 35.5. The average Bonchev–Trinajstić information content (AvgIpc) is 3.23. The Morgan fingerprint density at radius 3 is 2.75 bits per heavy atom. The van der Waals surface area contributed by atoms with Crippen molar-refractivity contribution in [2.24, 2.45) is 5.41 Å². The summed E-state index contributed by atoms with van der Waals surface area (Å²) in [4.78, 5) is 33.1. The van der Waals surface area contributed by atoms with E-state index in [2.05, 4.69) is 15.3 Å². The van der Waals surface area contributed by atoms with Crippen LogP contribution in [0.15, 0.2) is 53.3 Å². The number of carbonyl (C=O) groups excluding carboxylic acids is 2. The first-order valence-electron chi connectivity index (χ1n) is 10.1. The first kappa shape index (κ1) is 20.6. The monoisotopic (exact) mass is 455 g/mol. The molecule has 6 rings (SSSR count). The van der Waals surface area contributed by atoms with E-state index in [9.17, 15) is 14.0 Å². The van der Waals surface area contributed by atoms with Gasteiger partial charge in [0, 0.05) is 30.4 Å². The number of benzene rings is 1. The van der Waals surface area contributed by atoms with Gasteiger partial charge in [-0.15, -0.1) is 0 Å². The third-order valence-corrected chi connectivity index (χ3v) is 6.33. The Kier molecular flexibility index (Phi) is 4.97. The Hall–Kier alpha value is -3.26. The molecule has 2 bridgehead atoms. The molecule has 0 saturated heterocycles. The second-order valence-electron chi connectivity index (χ2n) is 8.62. The van der Waals surface area contributed by atoms with E-state index < -0.39 is 5.82 Å². The molecule has 0 spiro atoms. The highest BCUT2D eigenvalue weighted by molar-refractivity contribution is 6.30. The summed E-state index contributed by atoms with van der Waals surface area (Å²) in [6.45, 7) is -0.128. The van der Waals surface area contributed by atoms with E-state index in [0.29, 0.717) is 17.9 Å². The summed E-state index contributed by atoms with van der Waals surface area (Å²) >= 11 is 5.64. The van der Waals surface area contributed by atoms with Crippen LogP contribution in [0.25, 0.3) is 11.5 Å². The number of oxazole rings is 1. The van der Waals surface area contributed by atoms with Crippen LogP contribution in [0.1, 0.15) is 36.2 Å². The van der Waals surface area contributed by atoms with Crippen LogP contribution in [0, 0.1) is 11.2 Å². The van der Waals surface area contributed by atoms with E-state index in [4.69, 9.17) is 20.8 Å². The van der Waals surface area contributed by atoms with Crippen LogP contribution in [-0.2, 0) is 4.79 Å². The van der Waals surface area contributed by atoms with E-state index in [-0.39, 0.29) is 45.8 Å². The van der Waals surface area contributed by atoms with Gasteiger partial charge in [0.25, 0.3) is 5.91 Å². The SMILES string of the molecule is O=C(COc1ccc(Cl)c(F)c1)CC12CC(NC(=O)c3cnc(-c4cccnc4)o3)(C1)C2. The van der Waals surface area contributed by atoms with Gasteiger partial charge in [0.2, 0.25) is 11.7 Å². The quantitative estimate of drug-likeness (QED) is 0.546. The number of carbonyl (C=O) groups is 2. The van der Waals surface area contributed by atoms with Crippen molar-refractivity contribution in [3.8, 4) is 17.2 Å². The standard InChI is InChI=1S/C23H19ClFN3O4/c24-17-4-3-16(6-18(17)25)31-10-15(29)7-22-11-23(12-22,13-22)28-20(30)19-9-27-21(32-19)14-2-1-5-26-8-14/h1-6,8-9H,7,10-13H2,(H,28,30). The van der Waals surface area contributed by atoms with Crippen LogP contribution in [-0.4, -0.2) is 33.8 Å². The first-order chi connectivity index (χ1) is 15.4. The van der Waals surface area contributed by atoms with Crippen molar-refractivity contribution in [2.45, 2.75) is 31.2 Å². The third-order valence-electron chi connectivity index (χ3n) is 6.02. The molecule has 0 atom stereocenters. The molecule has 2 heterocycles. The summed E-state index contributed by atoms with van der Waals surface area (Å²) in [5.74, 6) is -0.227. The molecule has 1 N–H and O–H groups in total. The number of pyridine rings is 1. The number of ether oxygens (including phenoxy) is 1. The summed E-state index contributed by atoms with van der Waals surface area (Å²) in [6.07, 6.45) is 7.23. The lowest BCUT2D eigenvalue weighted by Crippen LogP contribution is -2.75. The Morgan fingerprint density at radius 2 is 2.03 bits per heavy atom. The molecule has 1 aromatic carbocycles. The number of amides is 1. The molecule has 7 nitrogen and oxygen atoms in total. The van der Waals surface area contributed by atoms with Gasteiger partial charge < -0.3 is 14.5 Å². The lowest BCUT2D eigenvalue weighted by Gasteiger charge is -2.70. The summed E-state index contributed by atoms with van der Waals surface area (Å²) in [6, 6.07) is 7.63. The van der Waals surface area contributed by atoms with Crippen LogP contribution >= 0.6 is 11.6 Å². The molecule has 3 aromatic rings. The predicted molar refractivity (Wildman–Crippen MR) is 113 cm³/mol. The van der Waals surface area contributed by atoms with Crippen molar-refractivity contribution in [3.63, 3.8) is 0 Å². The van der Waals surface area contributed by atoms with Crippen molar-refractivity contribution in [1.29, 1.82) is 0 Å². The van der Waals surface area contributed by atoms with Crippen molar-refractivity contribution in [3.05, 3.63) is 65.5 Å². The number of Topliss-reactive ketones (excluding diaryl/α,β-unsaturated/α-hetero) is 1. The second kappa shape index (κ2) is 7.70. The van der Waals surface area contributed by atoms with Crippen LogP contribution < -0.4 is 10.1 Å². The summed E-state index contributed by atoms with van der Waals surface area (Å²) < 4.78 is 24.4. The van der Waals surface area contributed by atoms with Gasteiger partial charge in [0.1, 0.15) is 18.2 Å². The molecule has 164 valence electrons. The van der Waals surface area contributed by atoms with Crippen molar-refractivity contribution < 1.29 is 23.1 Å². The highest BCUT2D eigenvalue weighted by Crippen LogP contribution is 2.69. The number of halogens is 2. The van der Waals surface area contributed by atoms with Gasteiger partial charge in [-0.25, -0.2) is 9.37 Å². The lowest BCUT2D eigenvalue weighted by molar-refractivity contribution is -0.162. The highest BCUT2D eigenvalue weighted by Gasteiger charge is 2.68. The normalized spacial score (nSPS) is 23.1. The zero-order chi connectivity index (χ0) is 22.3. The van der Waals surface area contributed by atoms with Crippen molar-refractivity contribution >= 4 is 23.3 Å². The van der Waals surface area contributed by atoms with Crippen LogP contribution in [0.2, 0.25) is 5.02 Å². The zero-order valence-electron chi connectivity index (χ0n) is 16.9. The first-order valence-corrected chi connectivity index (χ1v) is 10.5. The molecular weight excluding hydrogens is 437 g/mol. The van der Waals surface area contributed by atoms with Crippen LogP contribution in [0.5, 0.6) is 5.75 Å². The van der Waals surface area contributed by atoms with Gasteiger partial charge in [0.05, 0.1) is 16.8 Å². The van der Waals surface area contributed by atoms with E-state index in [1.54, 1.807) is 24.5 Å². The van der Waals surface area contributed by atoms with Gasteiger partial charge in [-0.05, 0) is 48.9 Å². The fraction of sp³-hybridized carbons (Fsp3) is 0.304. The minimum atomic E-state index is -0.590. The fourth-order valence-corrected chi connectivity index (χ4v) is 4.94. The number of ketones is 1. The minimum absolute atomic E-state index is 0.00326. The molecule has 32 heavy (non-hydrogen) atoms. The predicted octanol–water partition coefficient (Wildman–Crippen LogP) is 4.22. The summed E-state index contributed by atoms with van der Waals surface area (Å²) in [5, 5.41) is 3.03. The molecule has 1 amide bonds. The molecule has 9 heteroatoms. The largest absolute Gasteiger partial charge is 0.486 e. The maximum Gasteiger partial charge on any atom is 0.289 e. The third kappa shape index (κ3) is 3.86. The smallest absolute Gasteiger partial charge is 0.289 e. The van der Waals surface area contributed by atoms with Gasteiger partial charge in [-0.1, -0.05) is 11.6 Å². The van der Waals surface area contributed by atoms with E-state index in [0.717, 1.165) is 25.3 Å². The Balaban J connectivity index is 1.10. The lowest BCUT2D eigenvalue weighted by atomic mass is 9.38. The van der Waals surface area contributed by atoms with Gasteiger partial charge >= 0.3 is 0 Å². The molecule has 3 aliphatic carbocycles. The van der Waals surface area contributed by atoms with E-state index in [1.807, 2.05) is 0 Å². The number of nitrogens with zero attached hydrogens (tertiary/aromatic N) is 2.